The third-order valence-electron chi connectivity index (χ3n) is 1.97. The third kappa shape index (κ3) is 3.77. The third-order valence-corrected chi connectivity index (χ3v) is 2.94. The van der Waals surface area contributed by atoms with E-state index in [1.807, 2.05) is 25.9 Å². The van der Waals surface area contributed by atoms with Crippen molar-refractivity contribution in [1.29, 1.82) is 0 Å². The van der Waals surface area contributed by atoms with Crippen molar-refractivity contribution < 1.29 is 4.21 Å². The van der Waals surface area contributed by atoms with E-state index in [1.165, 1.54) is 0 Å². The zero-order valence-electron chi connectivity index (χ0n) is 10.1. The molecule has 16 heavy (non-hydrogen) atoms. The molecule has 0 spiro atoms. The van der Waals surface area contributed by atoms with Gasteiger partial charge >= 0.3 is 0 Å². The van der Waals surface area contributed by atoms with Gasteiger partial charge in [0.15, 0.2) is 11.6 Å². The summed E-state index contributed by atoms with van der Waals surface area (Å²) in [6.45, 7) is 1.98. The van der Waals surface area contributed by atoms with Crippen LogP contribution in [0.3, 0.4) is 0 Å². The Morgan fingerprint density at radius 3 is 2.62 bits per heavy atom. The molecule has 0 radical (unpaired) electrons. The Bertz CT molecular complexity index is 370. The maximum Gasteiger partial charge on any atom is 0.171 e. The summed E-state index contributed by atoms with van der Waals surface area (Å²) in [5.41, 5.74) is 0. The summed E-state index contributed by atoms with van der Waals surface area (Å²) in [6, 6.07) is 0.112. The summed E-state index contributed by atoms with van der Waals surface area (Å²) in [6.07, 6.45) is 5.00. The first-order chi connectivity index (χ1) is 7.50. The molecule has 1 aromatic heterocycles. The molecule has 0 aliphatic carbocycles. The molecule has 2 unspecified atom stereocenters. The molecule has 1 rings (SSSR count). The lowest BCUT2D eigenvalue weighted by molar-refractivity contribution is 0.683. The van der Waals surface area contributed by atoms with Gasteiger partial charge in [0, 0.05) is 55.3 Å². The van der Waals surface area contributed by atoms with E-state index < -0.39 is 10.8 Å². The van der Waals surface area contributed by atoms with Crippen LogP contribution in [0.25, 0.3) is 0 Å². The molecule has 0 aliphatic heterocycles. The zero-order chi connectivity index (χ0) is 12.1. The fourth-order valence-electron chi connectivity index (χ4n) is 1.39. The monoisotopic (exact) mass is 242 g/mol. The molecule has 0 fully saturated rings. The first-order valence-corrected chi connectivity index (χ1v) is 6.78. The van der Waals surface area contributed by atoms with E-state index in [2.05, 4.69) is 15.3 Å². The van der Waals surface area contributed by atoms with Gasteiger partial charge < -0.3 is 10.2 Å². The van der Waals surface area contributed by atoms with Crippen LogP contribution in [0.1, 0.15) is 6.92 Å². The van der Waals surface area contributed by atoms with Crippen molar-refractivity contribution in [2.75, 3.05) is 36.3 Å². The first-order valence-electron chi connectivity index (χ1n) is 5.05. The number of nitrogens with zero attached hydrogens (tertiary/aromatic N) is 3. The van der Waals surface area contributed by atoms with E-state index in [4.69, 9.17) is 0 Å². The van der Waals surface area contributed by atoms with Crippen LogP contribution in [0, 0.1) is 0 Å². The highest BCUT2D eigenvalue weighted by Crippen LogP contribution is 2.17. The molecule has 0 aromatic carbocycles. The van der Waals surface area contributed by atoms with Crippen molar-refractivity contribution >= 4 is 22.4 Å². The van der Waals surface area contributed by atoms with Crippen molar-refractivity contribution in [3.8, 4) is 0 Å². The molecule has 0 aliphatic rings. The van der Waals surface area contributed by atoms with Gasteiger partial charge in [-0.15, -0.1) is 0 Å². The summed E-state index contributed by atoms with van der Waals surface area (Å²) >= 11 is 0. The molecule has 6 heteroatoms. The molecule has 0 bridgehead atoms. The highest BCUT2D eigenvalue weighted by atomic mass is 32.2. The van der Waals surface area contributed by atoms with Gasteiger partial charge in [0.2, 0.25) is 0 Å². The Labute approximate surface area is 98.7 Å². The molecule has 1 aromatic rings. The Balaban J connectivity index is 2.76. The predicted molar refractivity (Wildman–Crippen MR) is 68.4 cm³/mol. The van der Waals surface area contributed by atoms with Crippen molar-refractivity contribution in [3.05, 3.63) is 12.4 Å². The quantitative estimate of drug-likeness (QED) is 0.824. The van der Waals surface area contributed by atoms with Gasteiger partial charge in [-0.25, -0.2) is 9.97 Å². The predicted octanol–water partition coefficient (Wildman–Crippen LogP) is 0.721. The minimum atomic E-state index is -0.811. The van der Waals surface area contributed by atoms with E-state index in [9.17, 15) is 4.21 Å². The Morgan fingerprint density at radius 2 is 2.06 bits per heavy atom. The van der Waals surface area contributed by atoms with Crippen LogP contribution < -0.4 is 10.2 Å². The average Bonchev–Trinajstić information content (AvgIpc) is 2.16. The summed E-state index contributed by atoms with van der Waals surface area (Å²) < 4.78 is 11.1. The topological polar surface area (TPSA) is 58.1 Å². The highest BCUT2D eigenvalue weighted by Gasteiger charge is 2.10. The number of nitrogens with one attached hydrogen (secondary N) is 1. The summed E-state index contributed by atoms with van der Waals surface area (Å²) in [7, 11) is 3.02. The molecular formula is C10H18N4OS. The van der Waals surface area contributed by atoms with Gasteiger partial charge in [-0.3, -0.25) is 4.21 Å². The maximum absolute atomic E-state index is 11.1. The van der Waals surface area contributed by atoms with Crippen LogP contribution >= 0.6 is 0 Å². The molecule has 5 nitrogen and oxygen atoms in total. The van der Waals surface area contributed by atoms with Gasteiger partial charge in [0.25, 0.3) is 0 Å². The first kappa shape index (κ1) is 12.9. The van der Waals surface area contributed by atoms with E-state index in [-0.39, 0.29) is 6.04 Å². The standard InChI is InChI=1S/C10H18N4OS/c1-8(7-16(4)15)13-9-10(14(2)3)12-6-5-11-9/h5-6,8H,7H2,1-4H3,(H,11,13). The van der Waals surface area contributed by atoms with E-state index >= 15 is 0 Å². The Hall–Kier alpha value is -1.17. The van der Waals surface area contributed by atoms with Gasteiger partial charge in [0.05, 0.1) is 0 Å². The molecule has 0 saturated heterocycles. The molecule has 90 valence electrons. The Morgan fingerprint density at radius 1 is 1.44 bits per heavy atom. The van der Waals surface area contributed by atoms with E-state index in [1.54, 1.807) is 18.6 Å². The largest absolute Gasteiger partial charge is 0.364 e. The lowest BCUT2D eigenvalue weighted by Gasteiger charge is -2.18. The fourth-order valence-corrected chi connectivity index (χ4v) is 2.17. The number of aromatic nitrogens is 2. The maximum atomic E-state index is 11.1. The van der Waals surface area contributed by atoms with Crippen LogP contribution in [-0.2, 0) is 10.8 Å². The van der Waals surface area contributed by atoms with Crippen molar-refractivity contribution in [1.82, 2.24) is 9.97 Å². The molecule has 1 N–H and O–H groups in total. The highest BCUT2D eigenvalue weighted by molar-refractivity contribution is 7.84. The van der Waals surface area contributed by atoms with Crippen LogP contribution in [0.5, 0.6) is 0 Å². The van der Waals surface area contributed by atoms with Crippen LogP contribution in [0.2, 0.25) is 0 Å². The van der Waals surface area contributed by atoms with Crippen LogP contribution in [0.4, 0.5) is 11.6 Å². The van der Waals surface area contributed by atoms with Crippen molar-refractivity contribution in [2.45, 2.75) is 13.0 Å². The molecular weight excluding hydrogens is 224 g/mol. The number of hydrogen-bond acceptors (Lipinski definition) is 5. The van der Waals surface area contributed by atoms with Gasteiger partial charge in [-0.05, 0) is 6.92 Å². The summed E-state index contributed by atoms with van der Waals surface area (Å²) in [4.78, 5) is 10.4. The Kier molecular flexibility index (Phi) is 4.67. The number of hydrogen-bond donors (Lipinski definition) is 1. The van der Waals surface area contributed by atoms with Crippen molar-refractivity contribution in [2.24, 2.45) is 0 Å². The minimum absolute atomic E-state index is 0.112. The molecule has 0 saturated carbocycles. The van der Waals surface area contributed by atoms with Gasteiger partial charge in [-0.1, -0.05) is 0 Å². The second-order valence-electron chi connectivity index (χ2n) is 3.91. The normalized spacial score (nSPS) is 14.2. The fraction of sp³-hybridized carbons (Fsp3) is 0.600. The number of anilines is 2. The second-order valence-corrected chi connectivity index (χ2v) is 5.39. The van der Waals surface area contributed by atoms with Gasteiger partial charge in [-0.2, -0.15) is 0 Å². The lowest BCUT2D eigenvalue weighted by atomic mass is 10.4. The average molecular weight is 242 g/mol. The SMILES string of the molecule is CC(CS(C)=O)Nc1nccnc1N(C)C. The van der Waals surface area contributed by atoms with Crippen molar-refractivity contribution in [3.63, 3.8) is 0 Å². The number of rotatable bonds is 5. The summed E-state index contributed by atoms with van der Waals surface area (Å²) in [5, 5.41) is 3.21. The minimum Gasteiger partial charge on any atom is -0.364 e. The summed E-state index contributed by atoms with van der Waals surface area (Å²) in [5.74, 6) is 2.12. The molecule has 0 amide bonds. The molecule has 1 heterocycles. The smallest absolute Gasteiger partial charge is 0.171 e. The van der Waals surface area contributed by atoms with Crippen LogP contribution in [0.15, 0.2) is 12.4 Å². The zero-order valence-corrected chi connectivity index (χ0v) is 10.9. The molecule has 2 atom stereocenters. The van der Waals surface area contributed by atoms with Gasteiger partial charge in [0.1, 0.15) is 0 Å². The van der Waals surface area contributed by atoms with E-state index in [0.717, 1.165) is 11.6 Å². The second kappa shape index (κ2) is 5.79. The van der Waals surface area contributed by atoms with E-state index in [0.29, 0.717) is 5.75 Å². The lowest BCUT2D eigenvalue weighted by Crippen LogP contribution is -2.25. The van der Waals surface area contributed by atoms with Crippen LogP contribution in [-0.4, -0.2) is 46.3 Å².